The number of ether oxygens (including phenoxy) is 2. The van der Waals surface area contributed by atoms with Crippen molar-refractivity contribution < 1.29 is 38.2 Å². The third-order valence-corrected chi connectivity index (χ3v) is 10.3. The summed E-state index contributed by atoms with van der Waals surface area (Å²) < 4.78 is 10.8. The van der Waals surface area contributed by atoms with Crippen LogP contribution in [0.25, 0.3) is 11.8 Å². The molecule has 1 atom stereocenters. The van der Waals surface area contributed by atoms with E-state index >= 15 is 0 Å². The molecular weight excluding hydrogens is 801 g/mol. The first-order chi connectivity index (χ1) is 30.3. The van der Waals surface area contributed by atoms with Gasteiger partial charge >= 0.3 is 30.0 Å². The summed E-state index contributed by atoms with van der Waals surface area (Å²) in [6.45, 7) is 2.72. The third-order valence-electron chi connectivity index (χ3n) is 10.3. The predicted octanol–water partition coefficient (Wildman–Crippen LogP) is 8.98. The molecule has 0 aromatic heterocycles. The highest BCUT2D eigenvalue weighted by Crippen LogP contribution is 2.42. The summed E-state index contributed by atoms with van der Waals surface area (Å²) >= 11 is 0. The highest BCUT2D eigenvalue weighted by atomic mass is 16.5. The van der Waals surface area contributed by atoms with Gasteiger partial charge in [-0.1, -0.05) is 97.1 Å². The summed E-state index contributed by atoms with van der Waals surface area (Å²) in [7, 11) is 0. The van der Waals surface area contributed by atoms with Gasteiger partial charge in [0.25, 0.3) is 0 Å². The fourth-order valence-corrected chi connectivity index (χ4v) is 7.78. The predicted molar refractivity (Wildman–Crippen MR) is 240 cm³/mol. The summed E-state index contributed by atoms with van der Waals surface area (Å²) in [5, 5.41) is 0. The topological polar surface area (TPSA) is 209 Å². The van der Waals surface area contributed by atoms with Crippen LogP contribution in [-0.2, 0) is 31.9 Å². The number of hydrogen-bond donors (Lipinski definition) is 3. The first-order valence-electron chi connectivity index (χ1n) is 19.8. The number of fused-ring (bicyclic) bond motifs is 6. The lowest BCUT2D eigenvalue weighted by Gasteiger charge is -2.23. The number of esters is 2. The number of benzene rings is 6. The number of primary amides is 3. The number of rotatable bonds is 2. The van der Waals surface area contributed by atoms with E-state index in [9.17, 15) is 28.8 Å². The smallest absolute Gasteiger partial charge is 0.323 e. The van der Waals surface area contributed by atoms with E-state index in [1.807, 2.05) is 84.9 Å². The first-order valence-corrected chi connectivity index (χ1v) is 19.8. The summed E-state index contributed by atoms with van der Waals surface area (Å²) in [4.78, 5) is 75.1. The number of ketones is 1. The Labute approximate surface area is 362 Å². The van der Waals surface area contributed by atoms with Crippen LogP contribution in [-0.4, -0.2) is 35.8 Å². The maximum Gasteiger partial charge on any atom is 0.323 e. The van der Waals surface area contributed by atoms with E-state index < -0.39 is 30.2 Å². The van der Waals surface area contributed by atoms with Crippen molar-refractivity contribution in [1.82, 2.24) is 0 Å². The number of nitrogens with two attached hydrogens (primary N) is 3. The molecule has 0 spiro atoms. The molecule has 14 heteroatoms. The van der Waals surface area contributed by atoms with Crippen molar-refractivity contribution >= 4 is 81.8 Å². The monoisotopic (exact) mass is 842 g/mol. The van der Waals surface area contributed by atoms with Crippen LogP contribution < -0.4 is 31.9 Å². The Morgan fingerprint density at radius 3 is 1.56 bits per heavy atom. The second-order valence-corrected chi connectivity index (χ2v) is 14.4. The number of nitrogens with zero attached hydrogens (tertiary/aromatic N) is 3. The van der Waals surface area contributed by atoms with E-state index in [0.29, 0.717) is 51.7 Å². The number of carbonyl (C=O) groups is 6. The van der Waals surface area contributed by atoms with Crippen molar-refractivity contribution in [3.05, 3.63) is 179 Å². The molecule has 316 valence electrons. The fraction of sp³-hybridized carbons (Fsp3) is 0.102. The molecule has 0 aliphatic carbocycles. The zero-order valence-corrected chi connectivity index (χ0v) is 34.3. The van der Waals surface area contributed by atoms with Crippen molar-refractivity contribution in [2.24, 2.45) is 17.2 Å². The Kier molecular flexibility index (Phi) is 12.4. The second kappa shape index (κ2) is 18.4. The van der Waals surface area contributed by atoms with Crippen LogP contribution in [0, 0.1) is 0 Å². The molecule has 6 amide bonds. The molecule has 63 heavy (non-hydrogen) atoms. The summed E-state index contributed by atoms with van der Waals surface area (Å²) in [5.41, 5.74) is 24.8. The molecule has 0 saturated carbocycles. The molecule has 6 aromatic rings. The maximum atomic E-state index is 12.3. The van der Waals surface area contributed by atoms with Crippen molar-refractivity contribution in [3.8, 4) is 0 Å². The molecule has 9 rings (SSSR count). The van der Waals surface area contributed by atoms with Gasteiger partial charge in [-0.25, -0.2) is 14.4 Å². The van der Waals surface area contributed by atoms with Gasteiger partial charge in [0.05, 0.1) is 34.1 Å². The Balaban J connectivity index is 0.000000142. The van der Waals surface area contributed by atoms with Crippen LogP contribution in [0.4, 0.5) is 48.5 Å². The number of anilines is 6. The van der Waals surface area contributed by atoms with E-state index in [1.165, 1.54) is 28.5 Å². The third kappa shape index (κ3) is 9.00. The van der Waals surface area contributed by atoms with E-state index in [1.54, 1.807) is 66.7 Å². The Hall–Kier alpha value is -8.52. The van der Waals surface area contributed by atoms with Gasteiger partial charge in [0.1, 0.15) is 11.9 Å². The molecule has 0 fully saturated rings. The van der Waals surface area contributed by atoms with E-state index in [2.05, 4.69) is 0 Å². The lowest BCUT2D eigenvalue weighted by atomic mass is 10.0. The minimum Gasteiger partial charge on any atom is -0.457 e. The normalized spacial score (nSPS) is 14.1. The van der Waals surface area contributed by atoms with Crippen LogP contribution in [0.5, 0.6) is 0 Å². The largest absolute Gasteiger partial charge is 0.457 e. The number of urea groups is 3. The van der Waals surface area contributed by atoms with E-state index in [0.717, 1.165) is 27.9 Å². The van der Waals surface area contributed by atoms with Gasteiger partial charge in [-0.2, -0.15) is 0 Å². The summed E-state index contributed by atoms with van der Waals surface area (Å²) in [6.07, 6.45) is 2.06. The number of Topliss-reactive ketones (excluding diaryl/α,β-unsaturated/α-hetero) is 1. The van der Waals surface area contributed by atoms with Crippen molar-refractivity contribution in [3.63, 3.8) is 0 Å². The molecule has 3 heterocycles. The lowest BCUT2D eigenvalue weighted by molar-refractivity contribution is -0.146. The van der Waals surface area contributed by atoms with Gasteiger partial charge in [0.15, 0.2) is 5.78 Å². The van der Waals surface area contributed by atoms with E-state index in [-0.39, 0.29) is 18.2 Å². The van der Waals surface area contributed by atoms with Gasteiger partial charge in [-0.05, 0) is 65.7 Å². The Morgan fingerprint density at radius 1 is 0.508 bits per heavy atom. The summed E-state index contributed by atoms with van der Waals surface area (Å²) in [5.74, 6) is -0.401. The van der Waals surface area contributed by atoms with Crippen LogP contribution >= 0.6 is 0 Å². The fourth-order valence-electron chi connectivity index (χ4n) is 7.78. The summed E-state index contributed by atoms with van der Waals surface area (Å²) in [6, 6.07) is 41.9. The van der Waals surface area contributed by atoms with E-state index in [4.69, 9.17) is 26.7 Å². The van der Waals surface area contributed by atoms with Gasteiger partial charge in [0, 0.05) is 48.9 Å². The molecule has 0 radical (unpaired) electrons. The van der Waals surface area contributed by atoms with Crippen molar-refractivity contribution in [2.75, 3.05) is 14.7 Å². The number of hydrogen-bond acceptors (Lipinski definition) is 8. The van der Waals surface area contributed by atoms with Gasteiger partial charge < -0.3 is 26.7 Å². The Morgan fingerprint density at radius 2 is 0.952 bits per heavy atom. The lowest BCUT2D eigenvalue weighted by Crippen LogP contribution is -2.32. The molecule has 0 bridgehead atoms. The average molecular weight is 843 g/mol. The van der Waals surface area contributed by atoms with Gasteiger partial charge in [0.2, 0.25) is 0 Å². The molecule has 3 aliphatic rings. The molecular formula is C49H42N6O8. The first kappa shape index (κ1) is 42.6. The highest BCUT2D eigenvalue weighted by molar-refractivity contribution is 6.12. The van der Waals surface area contributed by atoms with Crippen LogP contribution in [0.2, 0.25) is 0 Å². The molecule has 6 aromatic carbocycles. The highest BCUT2D eigenvalue weighted by Gasteiger charge is 2.31. The molecule has 6 N–H and O–H groups in total. The van der Waals surface area contributed by atoms with Crippen molar-refractivity contribution in [1.29, 1.82) is 0 Å². The second-order valence-electron chi connectivity index (χ2n) is 14.4. The van der Waals surface area contributed by atoms with Crippen LogP contribution in [0.3, 0.4) is 0 Å². The molecule has 3 aliphatic heterocycles. The standard InChI is InChI=1S/C17H16N2O3.C17H14N2O3.C15H12N2O2/c2*1-11(20)22-16-10-12-6-2-4-8-14(12)19(17(18)21)15-9-5-3-7-13(15)16;16-15(19)17-12-7-3-1-5-10(12)9-14(18)11-6-2-4-8-13(11)17/h2-9,16H,10H2,1H3,(H2,18,21);2-10H,1H3,(H2,18,21);1-8H,9H2,(H2,16,19)/t16-;;/m0../s1. The number of carbonyl (C=O) groups excluding carboxylic acids is 6. The Bertz CT molecular complexity index is 2810. The van der Waals surface area contributed by atoms with Crippen LogP contribution in [0.1, 0.15) is 58.1 Å². The molecule has 0 saturated heterocycles. The van der Waals surface area contributed by atoms with Gasteiger partial charge in [-0.15, -0.1) is 0 Å². The molecule has 0 unspecified atom stereocenters. The minimum atomic E-state index is -0.600. The zero-order chi connectivity index (χ0) is 44.8. The number of amides is 6. The van der Waals surface area contributed by atoms with Crippen LogP contribution in [0.15, 0.2) is 146 Å². The average Bonchev–Trinajstić information content (AvgIpc) is 3.55. The number of para-hydroxylation sites is 6. The van der Waals surface area contributed by atoms with Gasteiger partial charge in [-0.3, -0.25) is 29.1 Å². The zero-order valence-electron chi connectivity index (χ0n) is 34.3. The molecule has 14 nitrogen and oxygen atoms in total. The SMILES string of the molecule is CC(=O)OC1=Cc2ccccc2N(C(N)=O)c2ccccc21.CC(=O)O[C@H]1Cc2ccccc2N(C(N)=O)c2ccccc21.NC(=O)N1c2ccccc2CC(=O)c2ccccc21. The maximum absolute atomic E-state index is 12.3. The quantitative estimate of drug-likeness (QED) is 0.143. The van der Waals surface area contributed by atoms with Crippen molar-refractivity contribution in [2.45, 2.75) is 32.8 Å². The minimum absolute atomic E-state index is 0.00759.